The van der Waals surface area contributed by atoms with E-state index in [-0.39, 0.29) is 29.7 Å². The third-order valence-corrected chi connectivity index (χ3v) is 5.05. The van der Waals surface area contributed by atoms with Gasteiger partial charge in [-0.25, -0.2) is 18.0 Å². The second kappa shape index (κ2) is 7.26. The Balaban J connectivity index is 2.00. The Kier molecular flexibility index (Phi) is 5.22. The van der Waals surface area contributed by atoms with Crippen molar-refractivity contribution in [2.45, 2.75) is 18.9 Å². The molecule has 1 aliphatic heterocycles. The zero-order chi connectivity index (χ0) is 19.0. The average molecular weight is 475 g/mol. The molecule has 0 saturated carbocycles. The maximum absolute atomic E-state index is 14.4. The van der Waals surface area contributed by atoms with E-state index in [1.54, 1.807) is 6.07 Å². The van der Waals surface area contributed by atoms with Crippen LogP contribution in [0.3, 0.4) is 0 Å². The van der Waals surface area contributed by atoms with Crippen molar-refractivity contribution in [3.05, 3.63) is 68.0 Å². The number of carboxylic acids is 1. The number of amides is 1. The van der Waals surface area contributed by atoms with Crippen LogP contribution in [-0.4, -0.2) is 34.5 Å². The summed E-state index contributed by atoms with van der Waals surface area (Å²) in [6.45, 7) is 0.214. The van der Waals surface area contributed by atoms with Gasteiger partial charge in [0.25, 0.3) is 5.91 Å². The number of benzene rings is 2. The topological polar surface area (TPSA) is 57.6 Å². The van der Waals surface area contributed by atoms with E-state index in [9.17, 15) is 22.8 Å². The maximum atomic E-state index is 14.4. The molecule has 1 aliphatic rings. The molecule has 0 aliphatic carbocycles. The molecule has 1 fully saturated rings. The quantitative estimate of drug-likeness (QED) is 0.688. The molecule has 0 spiro atoms. The van der Waals surface area contributed by atoms with E-state index in [1.165, 1.54) is 12.1 Å². The van der Waals surface area contributed by atoms with Gasteiger partial charge in [-0.1, -0.05) is 6.07 Å². The Labute approximate surface area is 160 Å². The second-order valence-electron chi connectivity index (χ2n) is 5.94. The van der Waals surface area contributed by atoms with Gasteiger partial charge in [0.1, 0.15) is 11.9 Å². The van der Waals surface area contributed by atoms with E-state index >= 15 is 0 Å². The summed E-state index contributed by atoms with van der Waals surface area (Å²) in [5.74, 6) is -4.84. The third kappa shape index (κ3) is 3.42. The Morgan fingerprint density at radius 1 is 1.15 bits per heavy atom. The molecule has 1 heterocycles. The van der Waals surface area contributed by atoms with Crippen LogP contribution in [0.15, 0.2) is 30.3 Å². The van der Waals surface area contributed by atoms with Gasteiger partial charge in [-0.3, -0.25) is 4.79 Å². The number of likely N-dealkylation sites (tertiary alicyclic amines) is 1. The van der Waals surface area contributed by atoms with E-state index in [1.807, 2.05) is 22.6 Å². The molecule has 1 saturated heterocycles. The highest BCUT2D eigenvalue weighted by atomic mass is 127. The van der Waals surface area contributed by atoms with Crippen molar-refractivity contribution in [2.75, 3.05) is 6.54 Å². The van der Waals surface area contributed by atoms with Crippen LogP contribution in [0.5, 0.6) is 0 Å². The van der Waals surface area contributed by atoms with Crippen molar-refractivity contribution in [1.82, 2.24) is 4.90 Å². The number of carboxylic acid groups (broad SMARTS) is 1. The smallest absolute Gasteiger partial charge is 0.326 e. The van der Waals surface area contributed by atoms with Crippen molar-refractivity contribution in [2.24, 2.45) is 0 Å². The van der Waals surface area contributed by atoms with Crippen molar-refractivity contribution in [3.63, 3.8) is 0 Å². The normalized spacial score (nSPS) is 16.3. The first-order valence-corrected chi connectivity index (χ1v) is 8.82. The first-order chi connectivity index (χ1) is 12.3. The van der Waals surface area contributed by atoms with Gasteiger partial charge in [-0.05, 0) is 58.8 Å². The predicted octanol–water partition coefficient (Wildman–Crippen LogP) is 3.60. The van der Waals surface area contributed by atoms with Gasteiger partial charge in [0, 0.05) is 27.7 Å². The number of hydrogen-bond acceptors (Lipinski definition) is 2. The fourth-order valence-electron chi connectivity index (χ4n) is 2.86. The summed E-state index contributed by atoms with van der Waals surface area (Å²) in [7, 11) is 0. The molecule has 4 nitrogen and oxygen atoms in total. The number of hydrogen-bond donors (Lipinski definition) is 1. The van der Waals surface area contributed by atoms with Crippen LogP contribution >= 0.6 is 22.6 Å². The van der Waals surface area contributed by atoms with Gasteiger partial charge >= 0.3 is 5.97 Å². The van der Waals surface area contributed by atoms with Gasteiger partial charge in [0.15, 0.2) is 11.6 Å². The Morgan fingerprint density at radius 2 is 1.88 bits per heavy atom. The number of carbonyl (C=O) groups is 2. The Hall–Kier alpha value is -2.10. The molecule has 0 bridgehead atoms. The number of aliphatic carboxylic acids is 1. The molecule has 1 unspecified atom stereocenters. The minimum absolute atomic E-state index is 0.113. The van der Waals surface area contributed by atoms with Gasteiger partial charge in [0.05, 0.1) is 0 Å². The molecule has 1 amide bonds. The summed E-state index contributed by atoms with van der Waals surface area (Å²) < 4.78 is 42.8. The zero-order valence-electron chi connectivity index (χ0n) is 13.3. The monoisotopic (exact) mass is 475 g/mol. The van der Waals surface area contributed by atoms with E-state index in [2.05, 4.69) is 0 Å². The summed E-state index contributed by atoms with van der Waals surface area (Å²) >= 11 is 1.92. The first-order valence-electron chi connectivity index (χ1n) is 7.74. The molecule has 26 heavy (non-hydrogen) atoms. The van der Waals surface area contributed by atoms with Crippen molar-refractivity contribution in [3.8, 4) is 0 Å². The summed E-state index contributed by atoms with van der Waals surface area (Å²) in [5, 5.41) is 9.09. The van der Waals surface area contributed by atoms with Crippen molar-refractivity contribution >= 4 is 34.5 Å². The molecule has 1 atom stereocenters. The van der Waals surface area contributed by atoms with Gasteiger partial charge < -0.3 is 10.0 Å². The summed E-state index contributed by atoms with van der Waals surface area (Å²) in [6.07, 6.45) is -0.0230. The molecule has 3 rings (SSSR count). The van der Waals surface area contributed by atoms with E-state index in [0.29, 0.717) is 9.99 Å². The lowest BCUT2D eigenvalue weighted by atomic mass is 9.95. The standard InChI is InChI=1S/C18H13F3INO3/c19-13-4-3-11(17(24)23-6-5-15(23)18(25)26)12(16(13)21)7-9-1-2-10(22)8-14(9)20/h1-4,8,15H,5-7H2,(H,25,26). The zero-order valence-corrected chi connectivity index (χ0v) is 15.5. The van der Waals surface area contributed by atoms with Crippen LogP contribution in [0.25, 0.3) is 0 Å². The third-order valence-electron chi connectivity index (χ3n) is 4.37. The highest BCUT2D eigenvalue weighted by Gasteiger charge is 2.39. The molecule has 1 N–H and O–H groups in total. The highest BCUT2D eigenvalue weighted by Crippen LogP contribution is 2.27. The molecule has 0 radical (unpaired) electrons. The number of carbonyl (C=O) groups excluding carboxylic acids is 1. The van der Waals surface area contributed by atoms with Crippen molar-refractivity contribution < 1.29 is 27.9 Å². The molecule has 2 aromatic rings. The van der Waals surface area contributed by atoms with Gasteiger partial charge in [-0.15, -0.1) is 0 Å². The maximum Gasteiger partial charge on any atom is 0.326 e. The minimum Gasteiger partial charge on any atom is -0.480 e. The summed E-state index contributed by atoms with van der Waals surface area (Å²) in [4.78, 5) is 24.8. The molecule has 136 valence electrons. The van der Waals surface area contributed by atoms with Gasteiger partial charge in [-0.2, -0.15) is 0 Å². The molecule has 0 aromatic heterocycles. The van der Waals surface area contributed by atoms with E-state index in [4.69, 9.17) is 5.11 Å². The fraction of sp³-hybridized carbons (Fsp3) is 0.222. The Morgan fingerprint density at radius 3 is 2.46 bits per heavy atom. The molecular formula is C18H13F3INO3. The first kappa shape index (κ1) is 18.7. The fourth-order valence-corrected chi connectivity index (χ4v) is 3.32. The number of rotatable bonds is 4. The minimum atomic E-state index is -1.24. The predicted molar refractivity (Wildman–Crippen MR) is 95.4 cm³/mol. The van der Waals surface area contributed by atoms with E-state index < -0.39 is 35.4 Å². The van der Waals surface area contributed by atoms with Crippen LogP contribution in [0.4, 0.5) is 13.2 Å². The van der Waals surface area contributed by atoms with Crippen LogP contribution in [0.1, 0.15) is 27.9 Å². The van der Waals surface area contributed by atoms with Gasteiger partial charge in [0.2, 0.25) is 0 Å². The van der Waals surface area contributed by atoms with Crippen LogP contribution in [-0.2, 0) is 11.2 Å². The van der Waals surface area contributed by atoms with Crippen LogP contribution < -0.4 is 0 Å². The number of halogens is 4. The Bertz CT molecular complexity index is 903. The average Bonchev–Trinajstić information content (AvgIpc) is 2.52. The molecular weight excluding hydrogens is 462 g/mol. The summed E-state index contributed by atoms with van der Waals surface area (Å²) in [5.41, 5.74) is -0.332. The van der Waals surface area contributed by atoms with Crippen LogP contribution in [0, 0.1) is 21.0 Å². The second-order valence-corrected chi connectivity index (χ2v) is 7.19. The summed E-state index contributed by atoms with van der Waals surface area (Å²) in [6, 6.07) is 5.25. The highest BCUT2D eigenvalue weighted by molar-refractivity contribution is 14.1. The number of nitrogens with zero attached hydrogens (tertiary/aromatic N) is 1. The van der Waals surface area contributed by atoms with Crippen LogP contribution in [0.2, 0.25) is 0 Å². The lowest BCUT2D eigenvalue weighted by Crippen LogP contribution is -2.55. The molecule has 8 heteroatoms. The van der Waals surface area contributed by atoms with E-state index in [0.717, 1.165) is 17.0 Å². The SMILES string of the molecule is O=C(O)C1CCN1C(=O)c1ccc(F)c(F)c1Cc1ccc(I)cc1F. The van der Waals surface area contributed by atoms with Crippen molar-refractivity contribution in [1.29, 1.82) is 0 Å². The molecule has 2 aromatic carbocycles. The lowest BCUT2D eigenvalue weighted by Gasteiger charge is -2.38. The lowest BCUT2D eigenvalue weighted by molar-refractivity contribution is -0.146. The largest absolute Gasteiger partial charge is 0.480 e.